The Morgan fingerprint density at radius 1 is 1.53 bits per heavy atom. The van der Waals surface area contributed by atoms with Gasteiger partial charge in [-0.2, -0.15) is 11.8 Å². The highest BCUT2D eigenvalue weighted by Gasteiger charge is 2.08. The van der Waals surface area contributed by atoms with E-state index >= 15 is 0 Å². The maximum Gasteiger partial charge on any atom is 0.203 e. The number of imidazole rings is 1. The van der Waals surface area contributed by atoms with Gasteiger partial charge in [0.15, 0.2) is 0 Å². The molecule has 0 aliphatic carbocycles. The molecule has 1 aromatic heterocycles. The SMILES string of the molecule is CCCn1ccnc1NC(CC)CSC. The monoisotopic (exact) mass is 227 g/mol. The quantitative estimate of drug-likeness (QED) is 0.777. The summed E-state index contributed by atoms with van der Waals surface area (Å²) >= 11 is 1.88. The van der Waals surface area contributed by atoms with Crippen molar-refractivity contribution in [2.45, 2.75) is 39.3 Å². The van der Waals surface area contributed by atoms with E-state index in [-0.39, 0.29) is 0 Å². The van der Waals surface area contributed by atoms with Crippen molar-refractivity contribution in [2.75, 3.05) is 17.3 Å². The van der Waals surface area contributed by atoms with Crippen molar-refractivity contribution >= 4 is 17.7 Å². The van der Waals surface area contributed by atoms with Gasteiger partial charge in [-0.3, -0.25) is 0 Å². The Hall–Kier alpha value is -0.640. The Labute approximate surface area is 96.7 Å². The first-order chi connectivity index (χ1) is 7.31. The number of nitrogens with one attached hydrogen (secondary N) is 1. The maximum absolute atomic E-state index is 4.35. The number of hydrogen-bond donors (Lipinski definition) is 1. The fraction of sp³-hybridized carbons (Fsp3) is 0.727. The molecule has 15 heavy (non-hydrogen) atoms. The zero-order chi connectivity index (χ0) is 11.1. The summed E-state index contributed by atoms with van der Waals surface area (Å²) < 4.78 is 2.18. The van der Waals surface area contributed by atoms with Crippen molar-refractivity contribution in [3.63, 3.8) is 0 Å². The molecule has 0 fully saturated rings. The number of anilines is 1. The van der Waals surface area contributed by atoms with Gasteiger partial charge in [-0.1, -0.05) is 13.8 Å². The van der Waals surface area contributed by atoms with Gasteiger partial charge in [-0.15, -0.1) is 0 Å². The van der Waals surface area contributed by atoms with E-state index in [1.807, 2.05) is 24.2 Å². The molecule has 86 valence electrons. The first kappa shape index (κ1) is 12.4. The highest BCUT2D eigenvalue weighted by molar-refractivity contribution is 7.98. The van der Waals surface area contributed by atoms with Crippen LogP contribution in [0.4, 0.5) is 5.95 Å². The number of thioether (sulfide) groups is 1. The van der Waals surface area contributed by atoms with Gasteiger partial charge in [-0.05, 0) is 19.1 Å². The Kier molecular flexibility index (Phi) is 5.61. The summed E-state index contributed by atoms with van der Waals surface area (Å²) in [6, 6.07) is 0.526. The van der Waals surface area contributed by atoms with Gasteiger partial charge in [0.2, 0.25) is 5.95 Å². The van der Waals surface area contributed by atoms with E-state index in [1.54, 1.807) is 0 Å². The van der Waals surface area contributed by atoms with Crippen molar-refractivity contribution in [1.82, 2.24) is 9.55 Å². The van der Waals surface area contributed by atoms with Crippen LogP contribution in [-0.2, 0) is 6.54 Å². The van der Waals surface area contributed by atoms with Gasteiger partial charge < -0.3 is 9.88 Å². The minimum absolute atomic E-state index is 0.526. The van der Waals surface area contributed by atoms with Crippen molar-refractivity contribution < 1.29 is 0 Å². The van der Waals surface area contributed by atoms with Crippen molar-refractivity contribution in [3.05, 3.63) is 12.4 Å². The number of hydrogen-bond acceptors (Lipinski definition) is 3. The van der Waals surface area contributed by atoms with Crippen molar-refractivity contribution in [2.24, 2.45) is 0 Å². The third-order valence-electron chi connectivity index (χ3n) is 2.37. The molecule has 1 N–H and O–H groups in total. The minimum atomic E-state index is 0.526. The molecule has 0 saturated carbocycles. The lowest BCUT2D eigenvalue weighted by molar-refractivity contribution is 0.667. The minimum Gasteiger partial charge on any atom is -0.352 e. The second-order valence-corrected chi connectivity index (χ2v) is 4.56. The predicted octanol–water partition coefficient (Wildman–Crippen LogP) is 2.85. The van der Waals surface area contributed by atoms with Gasteiger partial charge in [0.25, 0.3) is 0 Å². The Morgan fingerprint density at radius 3 is 2.93 bits per heavy atom. The van der Waals surface area contributed by atoms with E-state index in [4.69, 9.17) is 0 Å². The number of aryl methyl sites for hydroxylation is 1. The van der Waals surface area contributed by atoms with E-state index in [1.165, 1.54) is 0 Å². The van der Waals surface area contributed by atoms with E-state index in [2.05, 4.69) is 35.0 Å². The average Bonchev–Trinajstić information content (AvgIpc) is 2.66. The summed E-state index contributed by atoms with van der Waals surface area (Å²) in [5.41, 5.74) is 0. The highest BCUT2D eigenvalue weighted by atomic mass is 32.2. The lowest BCUT2D eigenvalue weighted by atomic mass is 10.3. The molecule has 1 heterocycles. The summed E-state index contributed by atoms with van der Waals surface area (Å²) in [5, 5.41) is 3.49. The van der Waals surface area contributed by atoms with Gasteiger partial charge in [0.1, 0.15) is 0 Å². The third-order valence-corrected chi connectivity index (χ3v) is 3.11. The molecule has 0 aliphatic heterocycles. The molecule has 1 atom stereocenters. The summed E-state index contributed by atoms with van der Waals surface area (Å²) in [7, 11) is 0. The molecular weight excluding hydrogens is 206 g/mol. The van der Waals surface area contributed by atoms with Crippen LogP contribution < -0.4 is 5.32 Å². The summed E-state index contributed by atoms with van der Waals surface area (Å²) in [6.45, 7) is 5.43. The first-order valence-electron chi connectivity index (χ1n) is 5.58. The van der Waals surface area contributed by atoms with Crippen LogP contribution in [0, 0.1) is 0 Å². The van der Waals surface area contributed by atoms with Crippen LogP contribution in [0.2, 0.25) is 0 Å². The van der Waals surface area contributed by atoms with Gasteiger partial charge in [-0.25, -0.2) is 4.98 Å². The number of nitrogens with zero attached hydrogens (tertiary/aromatic N) is 2. The first-order valence-corrected chi connectivity index (χ1v) is 6.97. The third kappa shape index (κ3) is 3.78. The zero-order valence-electron chi connectivity index (χ0n) is 9.86. The molecule has 0 amide bonds. The average molecular weight is 227 g/mol. The van der Waals surface area contributed by atoms with E-state index in [0.717, 1.165) is 31.1 Å². The predicted molar refractivity (Wildman–Crippen MR) is 68.6 cm³/mol. The van der Waals surface area contributed by atoms with Crippen LogP contribution in [0.1, 0.15) is 26.7 Å². The molecule has 3 nitrogen and oxygen atoms in total. The molecule has 4 heteroatoms. The molecular formula is C11H21N3S. The van der Waals surface area contributed by atoms with E-state index < -0.39 is 0 Å². The lowest BCUT2D eigenvalue weighted by Gasteiger charge is -2.17. The van der Waals surface area contributed by atoms with Gasteiger partial charge in [0.05, 0.1) is 0 Å². The Balaban J connectivity index is 2.57. The van der Waals surface area contributed by atoms with Crippen LogP contribution in [0.3, 0.4) is 0 Å². The summed E-state index contributed by atoms with van der Waals surface area (Å²) in [5.74, 6) is 2.15. The molecule has 0 aliphatic rings. The van der Waals surface area contributed by atoms with Crippen LogP contribution in [0.25, 0.3) is 0 Å². The van der Waals surface area contributed by atoms with E-state index in [9.17, 15) is 0 Å². The Bertz CT molecular complexity index is 273. The van der Waals surface area contributed by atoms with Gasteiger partial charge >= 0.3 is 0 Å². The molecule has 0 saturated heterocycles. The lowest BCUT2D eigenvalue weighted by Crippen LogP contribution is -2.23. The summed E-state index contributed by atoms with van der Waals surface area (Å²) in [6.07, 6.45) is 8.33. The maximum atomic E-state index is 4.35. The van der Waals surface area contributed by atoms with Crippen molar-refractivity contribution in [1.29, 1.82) is 0 Å². The van der Waals surface area contributed by atoms with Gasteiger partial charge in [0, 0.05) is 30.7 Å². The molecule has 0 bridgehead atoms. The molecule has 1 rings (SSSR count). The number of rotatable bonds is 7. The zero-order valence-corrected chi connectivity index (χ0v) is 10.7. The molecule has 1 unspecified atom stereocenters. The molecule has 0 radical (unpaired) electrons. The molecule has 1 aromatic rings. The summed E-state index contributed by atoms with van der Waals surface area (Å²) in [4.78, 5) is 4.35. The highest BCUT2D eigenvalue weighted by Crippen LogP contribution is 2.11. The smallest absolute Gasteiger partial charge is 0.203 e. The topological polar surface area (TPSA) is 29.9 Å². The normalized spacial score (nSPS) is 12.7. The number of aromatic nitrogens is 2. The Morgan fingerprint density at radius 2 is 2.33 bits per heavy atom. The van der Waals surface area contributed by atoms with Crippen LogP contribution in [-0.4, -0.2) is 27.6 Å². The fourth-order valence-electron chi connectivity index (χ4n) is 1.52. The second kappa shape index (κ2) is 6.77. The second-order valence-electron chi connectivity index (χ2n) is 3.65. The van der Waals surface area contributed by atoms with Crippen LogP contribution in [0.5, 0.6) is 0 Å². The molecule has 0 spiro atoms. The van der Waals surface area contributed by atoms with Crippen LogP contribution in [0.15, 0.2) is 12.4 Å². The van der Waals surface area contributed by atoms with Crippen molar-refractivity contribution in [3.8, 4) is 0 Å². The molecule has 0 aromatic carbocycles. The van der Waals surface area contributed by atoms with E-state index in [0.29, 0.717) is 6.04 Å². The fourth-order valence-corrected chi connectivity index (χ4v) is 2.24. The standard InChI is InChI=1S/C11H21N3S/c1-4-7-14-8-6-12-11(14)13-10(5-2)9-15-3/h6,8,10H,4-5,7,9H2,1-3H3,(H,12,13). The largest absolute Gasteiger partial charge is 0.352 e. The van der Waals surface area contributed by atoms with Crippen LogP contribution >= 0.6 is 11.8 Å².